The number of imidazole rings is 1. The quantitative estimate of drug-likeness (QED) is 0.229. The molecule has 0 saturated carbocycles. The van der Waals surface area contributed by atoms with Crippen LogP contribution in [-0.4, -0.2) is 26.7 Å². The third-order valence-electron chi connectivity index (χ3n) is 4.27. The van der Waals surface area contributed by atoms with E-state index < -0.39 is 16.8 Å². The molecule has 0 aliphatic carbocycles. The number of halogens is 2. The number of nitrogens with one attached hydrogen (secondary N) is 1. The van der Waals surface area contributed by atoms with Crippen LogP contribution < -0.4 is 5.32 Å². The number of aliphatic imine (C=N–C) groups is 1. The largest absolute Gasteiger partial charge is 0.433 e. The van der Waals surface area contributed by atoms with E-state index in [0.717, 1.165) is 5.56 Å². The number of nitrogens with zero attached hydrogens (tertiary/aromatic N) is 4. The molecule has 9 nitrogen and oxygen atoms in total. The summed E-state index contributed by atoms with van der Waals surface area (Å²) >= 11 is 11.9. The molecule has 31 heavy (non-hydrogen) atoms. The fraction of sp³-hybridized carbons (Fsp3) is 0.0500. The maximum absolute atomic E-state index is 13.0. The van der Waals surface area contributed by atoms with Crippen LogP contribution in [0.4, 0.5) is 22.3 Å². The fourth-order valence-corrected chi connectivity index (χ4v) is 3.15. The van der Waals surface area contributed by atoms with E-state index in [4.69, 9.17) is 27.6 Å². The third-order valence-corrected chi connectivity index (χ3v) is 5.01. The zero-order valence-electron chi connectivity index (χ0n) is 15.9. The van der Waals surface area contributed by atoms with Crippen LogP contribution in [0, 0.1) is 17.0 Å². The second-order valence-electron chi connectivity index (χ2n) is 6.49. The van der Waals surface area contributed by atoms with E-state index in [-0.39, 0.29) is 11.7 Å². The van der Waals surface area contributed by atoms with Gasteiger partial charge in [-0.3, -0.25) is 10.1 Å². The number of amides is 1. The van der Waals surface area contributed by atoms with Gasteiger partial charge in [0.25, 0.3) is 0 Å². The van der Waals surface area contributed by atoms with Gasteiger partial charge < -0.3 is 9.73 Å². The van der Waals surface area contributed by atoms with Gasteiger partial charge in [-0.25, -0.2) is 19.3 Å². The third kappa shape index (κ3) is 4.27. The summed E-state index contributed by atoms with van der Waals surface area (Å²) in [6.45, 7) is 1.90. The summed E-state index contributed by atoms with van der Waals surface area (Å²) in [4.78, 5) is 31.8. The van der Waals surface area contributed by atoms with Crippen molar-refractivity contribution in [3.05, 3.63) is 80.0 Å². The molecule has 0 radical (unpaired) electrons. The van der Waals surface area contributed by atoms with Crippen LogP contribution in [0.3, 0.4) is 0 Å². The maximum Gasteiger partial charge on any atom is 0.433 e. The molecule has 0 unspecified atom stereocenters. The number of hydrogen-bond donors (Lipinski definition) is 1. The zero-order valence-corrected chi connectivity index (χ0v) is 17.4. The molecule has 0 bridgehead atoms. The van der Waals surface area contributed by atoms with Crippen molar-refractivity contribution in [2.45, 2.75) is 6.92 Å². The molecular formula is C20H13Cl2N5O4. The van der Waals surface area contributed by atoms with Gasteiger partial charge in [0.2, 0.25) is 5.95 Å². The Bertz CT molecular complexity index is 1360. The lowest BCUT2D eigenvalue weighted by atomic mass is 10.2. The first-order valence-corrected chi connectivity index (χ1v) is 9.61. The number of nitro groups is 1. The Hall–Kier alpha value is -3.69. The molecule has 0 saturated heterocycles. The summed E-state index contributed by atoms with van der Waals surface area (Å²) in [5.41, 5.74) is 2.48. The Kier molecular flexibility index (Phi) is 5.45. The van der Waals surface area contributed by atoms with Gasteiger partial charge in [0.15, 0.2) is 5.76 Å². The van der Waals surface area contributed by atoms with Crippen molar-refractivity contribution >= 4 is 64.0 Å². The van der Waals surface area contributed by atoms with E-state index in [1.54, 1.807) is 18.2 Å². The number of aromatic nitrogens is 2. The zero-order chi connectivity index (χ0) is 22.1. The summed E-state index contributed by atoms with van der Waals surface area (Å²) in [6, 6.07) is 12.2. The number of carbonyl (C=O) groups excluding carboxylic acids is 1. The Morgan fingerprint density at radius 1 is 1.19 bits per heavy atom. The molecule has 0 fully saturated rings. The van der Waals surface area contributed by atoms with E-state index in [2.05, 4.69) is 15.3 Å². The van der Waals surface area contributed by atoms with Crippen molar-refractivity contribution in [2.75, 3.05) is 5.32 Å². The monoisotopic (exact) mass is 457 g/mol. The summed E-state index contributed by atoms with van der Waals surface area (Å²) in [6.07, 6.45) is 1.25. The highest BCUT2D eigenvalue weighted by molar-refractivity contribution is 6.42. The van der Waals surface area contributed by atoms with Gasteiger partial charge in [-0.1, -0.05) is 29.3 Å². The SMILES string of the molecule is Cc1ccc2c(c1)nc(N=Cc1ccc([N+](=O)[O-])o1)n2C(=O)Nc1ccc(Cl)c(Cl)c1. The van der Waals surface area contributed by atoms with Crippen LogP contribution in [0.25, 0.3) is 11.0 Å². The van der Waals surface area contributed by atoms with Crippen molar-refractivity contribution < 1.29 is 14.1 Å². The minimum Gasteiger partial charge on any atom is -0.400 e. The summed E-state index contributed by atoms with van der Waals surface area (Å²) in [7, 11) is 0. The molecule has 0 aliphatic rings. The molecule has 4 rings (SSSR count). The molecule has 2 aromatic heterocycles. The minimum absolute atomic E-state index is 0.0669. The topological polar surface area (TPSA) is 116 Å². The van der Waals surface area contributed by atoms with E-state index in [1.165, 1.54) is 29.0 Å². The van der Waals surface area contributed by atoms with Crippen LogP contribution in [0.5, 0.6) is 0 Å². The highest BCUT2D eigenvalue weighted by Gasteiger charge is 2.18. The average Bonchev–Trinajstić information content (AvgIpc) is 3.33. The summed E-state index contributed by atoms with van der Waals surface area (Å²) < 4.78 is 6.35. The van der Waals surface area contributed by atoms with Crippen molar-refractivity contribution in [3.63, 3.8) is 0 Å². The van der Waals surface area contributed by atoms with Crippen molar-refractivity contribution in [2.24, 2.45) is 4.99 Å². The minimum atomic E-state index is -0.653. The van der Waals surface area contributed by atoms with Gasteiger partial charge in [0, 0.05) is 5.69 Å². The first-order valence-electron chi connectivity index (χ1n) is 8.85. The van der Waals surface area contributed by atoms with E-state index in [9.17, 15) is 14.9 Å². The van der Waals surface area contributed by atoms with E-state index in [1.807, 2.05) is 19.1 Å². The van der Waals surface area contributed by atoms with Gasteiger partial charge in [-0.2, -0.15) is 0 Å². The molecule has 1 amide bonds. The van der Waals surface area contributed by atoms with Crippen molar-refractivity contribution in [3.8, 4) is 0 Å². The van der Waals surface area contributed by atoms with Gasteiger partial charge in [-0.05, 0) is 48.9 Å². The van der Waals surface area contributed by atoms with Gasteiger partial charge >= 0.3 is 11.9 Å². The lowest BCUT2D eigenvalue weighted by Gasteiger charge is -2.09. The first-order chi connectivity index (χ1) is 14.8. The Balaban J connectivity index is 1.73. The highest BCUT2D eigenvalue weighted by Crippen LogP contribution is 2.27. The number of rotatable bonds is 4. The predicted octanol–water partition coefficient (Wildman–Crippen LogP) is 5.98. The number of carbonyl (C=O) groups is 1. The van der Waals surface area contributed by atoms with Crippen LogP contribution >= 0.6 is 23.2 Å². The van der Waals surface area contributed by atoms with Crippen LogP contribution in [-0.2, 0) is 0 Å². The molecule has 156 valence electrons. The second kappa shape index (κ2) is 8.21. The van der Waals surface area contributed by atoms with Crippen LogP contribution in [0.15, 0.2) is 57.9 Å². The number of benzene rings is 2. The molecule has 0 atom stereocenters. The molecular weight excluding hydrogens is 445 g/mol. The Morgan fingerprint density at radius 2 is 2.00 bits per heavy atom. The lowest BCUT2D eigenvalue weighted by Crippen LogP contribution is -2.19. The maximum atomic E-state index is 13.0. The number of anilines is 1. The summed E-state index contributed by atoms with van der Waals surface area (Å²) in [5, 5.41) is 14.2. The van der Waals surface area contributed by atoms with Gasteiger partial charge in [0.1, 0.15) is 4.92 Å². The Labute approximate surface area is 185 Å². The number of fused-ring (bicyclic) bond motifs is 1. The lowest BCUT2D eigenvalue weighted by molar-refractivity contribution is -0.402. The molecule has 2 aromatic carbocycles. The standard InChI is InChI=1S/C20H13Cl2N5O4/c1-11-2-6-17-16(8-11)25-19(23-10-13-4-7-18(31-13)27(29)30)26(17)20(28)24-12-3-5-14(21)15(22)9-12/h2-10H,1H3,(H,24,28). The van der Waals surface area contributed by atoms with E-state index >= 15 is 0 Å². The molecule has 0 spiro atoms. The molecule has 2 heterocycles. The van der Waals surface area contributed by atoms with Gasteiger partial charge in [-0.15, -0.1) is 0 Å². The predicted molar refractivity (Wildman–Crippen MR) is 118 cm³/mol. The highest BCUT2D eigenvalue weighted by atomic mass is 35.5. The smallest absolute Gasteiger partial charge is 0.400 e. The molecule has 4 aromatic rings. The second-order valence-corrected chi connectivity index (χ2v) is 7.30. The molecule has 0 aliphatic heterocycles. The van der Waals surface area contributed by atoms with Crippen LogP contribution in [0.1, 0.15) is 11.3 Å². The average molecular weight is 458 g/mol. The van der Waals surface area contributed by atoms with Crippen molar-refractivity contribution in [1.82, 2.24) is 9.55 Å². The fourth-order valence-electron chi connectivity index (χ4n) is 2.85. The first kappa shape index (κ1) is 20.6. The number of furan rings is 1. The summed E-state index contributed by atoms with van der Waals surface area (Å²) in [5.74, 6) is -0.202. The normalized spacial score (nSPS) is 11.3. The molecule has 1 N–H and O–H groups in total. The number of aryl methyl sites for hydroxylation is 1. The number of hydrogen-bond acceptors (Lipinski definition) is 6. The van der Waals surface area contributed by atoms with Crippen molar-refractivity contribution in [1.29, 1.82) is 0 Å². The van der Waals surface area contributed by atoms with Gasteiger partial charge in [0.05, 0.1) is 33.4 Å². The van der Waals surface area contributed by atoms with Crippen LogP contribution in [0.2, 0.25) is 10.0 Å². The molecule has 11 heteroatoms. The van der Waals surface area contributed by atoms with E-state index in [0.29, 0.717) is 26.8 Å². The Morgan fingerprint density at radius 3 is 2.71 bits per heavy atom.